The minimum Gasteiger partial charge on any atom is -1.00 e. The second kappa shape index (κ2) is 28.1. The molecule has 0 unspecified atom stereocenters. The summed E-state index contributed by atoms with van der Waals surface area (Å²) in [5.74, 6) is -2.37. The molecule has 0 heterocycles. The number of carbonyl (C=O) groups is 2. The molecule has 3 aromatic carbocycles. The fourth-order valence-electron chi connectivity index (χ4n) is 3.46. The van der Waals surface area contributed by atoms with Crippen molar-refractivity contribution in [3.05, 3.63) is 170 Å². The van der Waals surface area contributed by atoms with Crippen LogP contribution in [0.5, 0.6) is 0 Å². The van der Waals surface area contributed by atoms with Crippen LogP contribution in [0.3, 0.4) is 0 Å². The largest absolute Gasteiger partial charge is 1.00 e. The second-order valence-corrected chi connectivity index (χ2v) is 13.9. The third-order valence-electron chi connectivity index (χ3n) is 7.64. The number of carboxylic acids is 2. The summed E-state index contributed by atoms with van der Waals surface area (Å²) in [5.41, 5.74) is 4.33. The van der Waals surface area contributed by atoms with Crippen LogP contribution in [0.4, 0.5) is 0 Å². The Bertz CT molecular complexity index is 1280. The predicted octanol–water partition coefficient (Wildman–Crippen LogP) is 2.98. The van der Waals surface area contributed by atoms with Crippen LogP contribution >= 0.6 is 0 Å². The molecule has 0 aliphatic rings. The lowest BCUT2D eigenvalue weighted by Gasteiger charge is -2.24. The molecule has 0 aliphatic heterocycles. The summed E-state index contributed by atoms with van der Waals surface area (Å²) < 4.78 is 2.61. The molecule has 0 saturated heterocycles. The van der Waals surface area contributed by atoms with Crippen molar-refractivity contribution in [2.45, 2.75) is 33.1 Å². The maximum atomic E-state index is 9.49. The lowest BCUT2D eigenvalue weighted by atomic mass is 10.1. The van der Waals surface area contributed by atoms with Gasteiger partial charge in [0.25, 0.3) is 0 Å². The highest BCUT2D eigenvalue weighted by molar-refractivity contribution is 5.83. The molecule has 0 spiro atoms. The van der Waals surface area contributed by atoms with Gasteiger partial charge in [-0.05, 0) is 61.4 Å². The third kappa shape index (κ3) is 30.3. The Balaban J connectivity index is -0.000000597. The summed E-state index contributed by atoms with van der Waals surface area (Å²) in [6.45, 7) is 23.7. The average Bonchev–Trinajstić information content (AvgIpc) is 3.11. The van der Waals surface area contributed by atoms with Gasteiger partial charge in [0.15, 0.2) is 0 Å². The van der Waals surface area contributed by atoms with Crippen molar-refractivity contribution in [1.29, 1.82) is 0 Å². The van der Waals surface area contributed by atoms with Gasteiger partial charge >= 0.3 is 0 Å². The van der Waals surface area contributed by atoms with E-state index in [1.54, 1.807) is 0 Å². The van der Waals surface area contributed by atoms with Crippen LogP contribution in [0, 0.1) is 0 Å². The van der Waals surface area contributed by atoms with Crippen LogP contribution in [0.25, 0.3) is 0 Å². The number of quaternary nitrogens is 3. The van der Waals surface area contributed by atoms with Crippen molar-refractivity contribution in [1.82, 2.24) is 0 Å². The number of benzene rings is 3. The van der Waals surface area contributed by atoms with Crippen molar-refractivity contribution in [2.75, 3.05) is 61.9 Å². The highest BCUT2D eigenvalue weighted by atomic mass is 35.5. The number of likely N-dealkylation sites (N-methyl/N-ethyl adjacent to an activating group) is 3. The summed E-state index contributed by atoms with van der Waals surface area (Å²) >= 11 is 0. The fourth-order valence-corrected chi connectivity index (χ4v) is 3.46. The summed E-state index contributed by atoms with van der Waals surface area (Å²) in [7, 11) is 13.0. The van der Waals surface area contributed by atoms with Gasteiger partial charge < -0.3 is 45.7 Å². The predicted molar refractivity (Wildman–Crippen MR) is 212 cm³/mol. The van der Waals surface area contributed by atoms with Gasteiger partial charge in [0.1, 0.15) is 0 Å². The maximum absolute atomic E-state index is 9.49. The van der Waals surface area contributed by atoms with E-state index in [0.717, 1.165) is 52.3 Å². The minimum atomic E-state index is -1.19. The smallest absolute Gasteiger partial charge is 0.0881 e. The summed E-state index contributed by atoms with van der Waals surface area (Å²) in [6.07, 6.45) is 9.26. The van der Waals surface area contributed by atoms with Crippen LogP contribution in [0.2, 0.25) is 0 Å². The summed E-state index contributed by atoms with van der Waals surface area (Å²) in [4.78, 5) is 19.0. The molecule has 0 aliphatic carbocycles. The summed E-state index contributed by atoms with van der Waals surface area (Å²) in [6, 6.07) is 31.7. The Morgan fingerprint density at radius 3 is 0.808 bits per heavy atom. The number of rotatable bonds is 14. The van der Waals surface area contributed by atoms with Crippen LogP contribution in [0.15, 0.2) is 154 Å². The fraction of sp³-hybridized carbons (Fsp3) is 0.318. The molecule has 7 nitrogen and oxygen atoms in total. The van der Waals surface area contributed by atoms with Gasteiger partial charge in [-0.25, -0.2) is 0 Å². The number of hydrogen-bond donors (Lipinski definition) is 0. The molecule has 0 saturated carbocycles. The van der Waals surface area contributed by atoms with Crippen LogP contribution < -0.4 is 22.6 Å². The number of hydrogen-bond acceptors (Lipinski definition) is 4. The van der Waals surface area contributed by atoms with Gasteiger partial charge in [-0.15, -0.1) is 0 Å². The van der Waals surface area contributed by atoms with E-state index in [2.05, 4.69) is 166 Å². The van der Waals surface area contributed by atoms with Crippen LogP contribution in [-0.2, 0) is 28.9 Å². The van der Waals surface area contributed by atoms with E-state index in [1.165, 1.54) is 30.5 Å². The number of halogens is 1. The Labute approximate surface area is 322 Å². The zero-order chi connectivity index (χ0) is 39.5. The first-order valence-electron chi connectivity index (χ1n) is 16.9. The Morgan fingerprint density at radius 1 is 0.500 bits per heavy atom. The second-order valence-electron chi connectivity index (χ2n) is 13.9. The molecule has 52 heavy (non-hydrogen) atoms. The van der Waals surface area contributed by atoms with Crippen molar-refractivity contribution >= 4 is 11.9 Å². The van der Waals surface area contributed by atoms with Gasteiger partial charge in [0.05, 0.1) is 92.5 Å². The minimum absolute atomic E-state index is 0. The van der Waals surface area contributed by atoms with E-state index < -0.39 is 11.9 Å². The summed E-state index contributed by atoms with van der Waals surface area (Å²) in [5, 5.41) is 19.0. The standard InChI is InChI=1S/3C12H18N.2C4H6O2.ClH/c3*1-4-13(2,3)11-10-12-8-6-5-7-9-12;2*1-3(2)4(5)6;/h3*4-9H,1,10-11H2,2-3H3;2*1H2,2H3,(H,5,6);1H/q3*+1;;;/p-3. The lowest BCUT2D eigenvalue weighted by Crippen LogP contribution is -3.00. The molecule has 0 N–H and O–H groups in total. The molecule has 8 heteroatoms. The first-order chi connectivity index (χ1) is 23.7. The molecule has 0 aromatic heterocycles. The van der Waals surface area contributed by atoms with E-state index in [1.807, 2.05) is 18.6 Å². The van der Waals surface area contributed by atoms with Gasteiger partial charge in [-0.3, -0.25) is 0 Å². The molecule has 0 fully saturated rings. The Morgan fingerprint density at radius 2 is 0.673 bits per heavy atom. The normalized spacial score (nSPS) is 10.2. The molecule has 3 rings (SSSR count). The number of carboxylic acid groups (broad SMARTS) is 2. The quantitative estimate of drug-likeness (QED) is 0.189. The molecule has 3 aromatic rings. The maximum Gasteiger partial charge on any atom is 0.0881 e. The Hall–Kier alpha value is -4.53. The number of aliphatic carboxylic acids is 2. The first-order valence-corrected chi connectivity index (χ1v) is 16.9. The highest BCUT2D eigenvalue weighted by Crippen LogP contribution is 2.06. The van der Waals surface area contributed by atoms with Crippen molar-refractivity contribution in [3.8, 4) is 0 Å². The van der Waals surface area contributed by atoms with Gasteiger partial charge in [0.2, 0.25) is 0 Å². The number of nitrogens with zero attached hydrogens (tertiary/aromatic N) is 3. The molecule has 0 amide bonds. The van der Waals surface area contributed by atoms with E-state index in [9.17, 15) is 19.8 Å². The van der Waals surface area contributed by atoms with E-state index >= 15 is 0 Å². The van der Waals surface area contributed by atoms with Gasteiger partial charge in [-0.1, -0.05) is 104 Å². The molecule has 0 radical (unpaired) electrons. The van der Waals surface area contributed by atoms with Crippen molar-refractivity contribution in [3.63, 3.8) is 0 Å². The Kier molecular flexibility index (Phi) is 28.0. The third-order valence-corrected chi connectivity index (χ3v) is 7.64. The van der Waals surface area contributed by atoms with E-state index in [4.69, 9.17) is 0 Å². The molecular weight excluding hydrogens is 670 g/mol. The first kappa shape index (κ1) is 51.8. The van der Waals surface area contributed by atoms with E-state index in [0.29, 0.717) is 0 Å². The monoisotopic (exact) mass is 733 g/mol. The molecule has 286 valence electrons. The van der Waals surface area contributed by atoms with Gasteiger partial charge in [0, 0.05) is 19.3 Å². The van der Waals surface area contributed by atoms with Crippen LogP contribution in [-0.4, -0.2) is 87.3 Å². The topological polar surface area (TPSA) is 80.3 Å². The molecule has 0 atom stereocenters. The van der Waals surface area contributed by atoms with E-state index in [-0.39, 0.29) is 23.6 Å². The highest BCUT2D eigenvalue weighted by Gasteiger charge is 2.10. The zero-order valence-corrected chi connectivity index (χ0v) is 33.8. The van der Waals surface area contributed by atoms with Crippen molar-refractivity contribution in [2.24, 2.45) is 0 Å². The van der Waals surface area contributed by atoms with Crippen molar-refractivity contribution < 1.29 is 45.7 Å². The lowest BCUT2D eigenvalue weighted by molar-refractivity contribution is -0.838. The van der Waals surface area contributed by atoms with Crippen LogP contribution in [0.1, 0.15) is 30.5 Å². The molecule has 0 bridgehead atoms. The SMILES string of the molecule is C=C(C)C(=O)[O-].C=C(C)C(=O)[O-].C=C[N+](C)(C)CCc1ccccc1.C=C[N+](C)(C)CCc1ccccc1.C=C[N+](C)(C)CCc1ccccc1.[Cl-]. The number of carbonyl (C=O) groups excluding carboxylic acids is 2. The average molecular weight is 734 g/mol. The van der Waals surface area contributed by atoms with Gasteiger partial charge in [-0.2, -0.15) is 0 Å². The zero-order valence-electron chi connectivity index (χ0n) is 33.0. The molecular formula is C44H64ClN3O4.